The second-order valence-electron chi connectivity index (χ2n) is 4.14. The third kappa shape index (κ3) is 2.79. The molecule has 8 heteroatoms. The summed E-state index contributed by atoms with van der Waals surface area (Å²) in [4.78, 5) is 23.1. The van der Waals surface area contributed by atoms with Crippen LogP contribution in [0.4, 0.5) is 10.3 Å². The fraction of sp³-hybridized carbons (Fsp3) is 0.0769. The predicted octanol–water partition coefficient (Wildman–Crippen LogP) is 2.54. The zero-order chi connectivity index (χ0) is 14.8. The van der Waals surface area contributed by atoms with Gasteiger partial charge < -0.3 is 10.4 Å². The van der Waals surface area contributed by atoms with Gasteiger partial charge in [0.15, 0.2) is 5.69 Å². The number of rotatable bonds is 4. The van der Waals surface area contributed by atoms with Gasteiger partial charge in [-0.2, -0.15) is 4.39 Å². The lowest BCUT2D eigenvalue weighted by Gasteiger charge is -2.06. The minimum atomic E-state index is -1.11. The van der Waals surface area contributed by atoms with Crippen molar-refractivity contribution in [2.24, 2.45) is 0 Å². The van der Waals surface area contributed by atoms with Gasteiger partial charge in [-0.05, 0) is 23.6 Å². The molecular weight excluding hydrogens is 295 g/mol. The largest absolute Gasteiger partial charge is 0.476 e. The second kappa shape index (κ2) is 5.41. The summed E-state index contributed by atoms with van der Waals surface area (Å²) in [7, 11) is 0. The van der Waals surface area contributed by atoms with E-state index in [2.05, 4.69) is 20.3 Å². The van der Waals surface area contributed by atoms with Crippen LogP contribution in [0.25, 0.3) is 10.2 Å². The molecule has 0 amide bonds. The molecule has 0 aliphatic rings. The van der Waals surface area contributed by atoms with E-state index in [1.54, 1.807) is 23.6 Å². The number of aromatic carboxylic acids is 1. The van der Waals surface area contributed by atoms with E-state index in [-0.39, 0.29) is 18.2 Å². The molecule has 106 valence electrons. The van der Waals surface area contributed by atoms with Crippen molar-refractivity contribution in [3.05, 3.63) is 47.0 Å². The molecule has 0 spiro atoms. The summed E-state index contributed by atoms with van der Waals surface area (Å²) in [6.45, 7) is 0.201. The molecule has 21 heavy (non-hydrogen) atoms. The summed E-state index contributed by atoms with van der Waals surface area (Å²) in [6, 6.07) is 6.17. The summed E-state index contributed by atoms with van der Waals surface area (Å²) < 4.78 is 13.5. The minimum absolute atomic E-state index is 0.0512. The number of pyridine rings is 1. The van der Waals surface area contributed by atoms with Crippen molar-refractivity contribution in [2.75, 3.05) is 5.32 Å². The number of hydrogen-bond donors (Lipinski definition) is 2. The van der Waals surface area contributed by atoms with Crippen molar-refractivity contribution < 1.29 is 14.3 Å². The summed E-state index contributed by atoms with van der Waals surface area (Å²) in [5.41, 5.74) is 0.979. The number of hydrogen-bond acceptors (Lipinski definition) is 6. The number of thiophene rings is 1. The molecule has 0 atom stereocenters. The topological polar surface area (TPSA) is 88.0 Å². The molecule has 2 N–H and O–H groups in total. The Kier molecular flexibility index (Phi) is 3.44. The van der Waals surface area contributed by atoms with Gasteiger partial charge in [0.05, 0.1) is 22.5 Å². The molecular formula is C13H9FN4O2S. The normalized spacial score (nSPS) is 10.7. The molecule has 0 radical (unpaired) electrons. The lowest BCUT2D eigenvalue weighted by Crippen LogP contribution is -2.09. The fourth-order valence-electron chi connectivity index (χ4n) is 1.81. The first kappa shape index (κ1) is 13.4. The molecule has 0 aromatic carbocycles. The molecule has 3 heterocycles. The number of anilines is 1. The van der Waals surface area contributed by atoms with Crippen molar-refractivity contribution in [2.45, 2.75) is 6.54 Å². The number of carboxylic acids is 1. The van der Waals surface area contributed by atoms with Gasteiger partial charge in [-0.1, -0.05) is 6.07 Å². The first-order chi connectivity index (χ1) is 10.1. The van der Waals surface area contributed by atoms with Gasteiger partial charge in [0.2, 0.25) is 11.9 Å². The van der Waals surface area contributed by atoms with Crippen LogP contribution in [0.1, 0.15) is 16.2 Å². The Bertz CT molecular complexity index is 821. The number of halogens is 1. The first-order valence-corrected chi connectivity index (χ1v) is 6.85. The van der Waals surface area contributed by atoms with Crippen LogP contribution in [0, 0.1) is 5.95 Å². The van der Waals surface area contributed by atoms with Crippen LogP contribution in [0.3, 0.4) is 0 Å². The van der Waals surface area contributed by atoms with Crippen LogP contribution < -0.4 is 5.32 Å². The molecule has 0 fully saturated rings. The maximum absolute atomic E-state index is 13.0. The summed E-state index contributed by atoms with van der Waals surface area (Å²) in [6.07, 6.45) is 0. The van der Waals surface area contributed by atoms with Crippen molar-refractivity contribution >= 4 is 33.5 Å². The average molecular weight is 304 g/mol. The highest BCUT2D eigenvalue weighted by molar-refractivity contribution is 7.17. The van der Waals surface area contributed by atoms with E-state index >= 15 is 0 Å². The van der Waals surface area contributed by atoms with E-state index in [1.807, 2.05) is 0 Å². The van der Waals surface area contributed by atoms with E-state index in [1.165, 1.54) is 17.4 Å². The Labute approximate surface area is 122 Å². The highest BCUT2D eigenvalue weighted by Crippen LogP contribution is 2.23. The Balaban J connectivity index is 1.88. The standard InChI is InChI=1S/C13H9FN4O2S/c14-9-3-1-2-7(16-9)6-15-13-17-8-4-5-21-11(8)10(18-13)12(19)20/h1-5H,6H2,(H,19,20)(H,15,17,18). The molecule has 0 aliphatic heterocycles. The molecule has 3 rings (SSSR count). The predicted molar refractivity (Wildman–Crippen MR) is 75.9 cm³/mol. The Morgan fingerprint density at radius 3 is 2.90 bits per heavy atom. The summed E-state index contributed by atoms with van der Waals surface area (Å²) >= 11 is 1.27. The van der Waals surface area contributed by atoms with Crippen molar-refractivity contribution in [1.82, 2.24) is 15.0 Å². The zero-order valence-corrected chi connectivity index (χ0v) is 11.4. The third-order valence-corrected chi connectivity index (χ3v) is 3.62. The lowest BCUT2D eigenvalue weighted by molar-refractivity contribution is 0.0693. The first-order valence-electron chi connectivity index (χ1n) is 5.97. The van der Waals surface area contributed by atoms with Gasteiger partial charge in [0.25, 0.3) is 0 Å². The van der Waals surface area contributed by atoms with E-state index in [9.17, 15) is 14.3 Å². The maximum Gasteiger partial charge on any atom is 0.356 e. The summed E-state index contributed by atoms with van der Waals surface area (Å²) in [5, 5.41) is 13.8. The van der Waals surface area contributed by atoms with E-state index < -0.39 is 11.9 Å². The average Bonchev–Trinajstić information content (AvgIpc) is 2.92. The minimum Gasteiger partial charge on any atom is -0.476 e. The number of carboxylic acid groups (broad SMARTS) is 1. The highest BCUT2D eigenvalue weighted by atomic mass is 32.1. The number of nitrogens with one attached hydrogen (secondary N) is 1. The molecule has 0 bridgehead atoms. The second-order valence-corrected chi connectivity index (χ2v) is 5.06. The molecule has 0 aliphatic carbocycles. The molecule has 0 unspecified atom stereocenters. The molecule has 6 nitrogen and oxygen atoms in total. The van der Waals surface area contributed by atoms with Crippen LogP contribution in [0.15, 0.2) is 29.6 Å². The van der Waals surface area contributed by atoms with E-state index in [0.717, 1.165) is 0 Å². The van der Waals surface area contributed by atoms with Crippen LogP contribution in [0.2, 0.25) is 0 Å². The zero-order valence-electron chi connectivity index (χ0n) is 10.6. The Hall–Kier alpha value is -2.61. The number of carbonyl (C=O) groups is 1. The lowest BCUT2D eigenvalue weighted by atomic mass is 10.3. The van der Waals surface area contributed by atoms with Gasteiger partial charge >= 0.3 is 5.97 Å². The van der Waals surface area contributed by atoms with Crippen LogP contribution >= 0.6 is 11.3 Å². The van der Waals surface area contributed by atoms with Gasteiger partial charge in [-0.25, -0.2) is 19.7 Å². The van der Waals surface area contributed by atoms with Crippen molar-refractivity contribution in [1.29, 1.82) is 0 Å². The number of aromatic nitrogens is 3. The van der Waals surface area contributed by atoms with E-state index in [4.69, 9.17) is 0 Å². The Morgan fingerprint density at radius 1 is 1.29 bits per heavy atom. The van der Waals surface area contributed by atoms with Crippen LogP contribution in [-0.4, -0.2) is 26.0 Å². The van der Waals surface area contributed by atoms with Crippen molar-refractivity contribution in [3.63, 3.8) is 0 Å². The molecule has 3 aromatic heterocycles. The maximum atomic E-state index is 13.0. The van der Waals surface area contributed by atoms with Gasteiger partial charge in [-0.3, -0.25) is 0 Å². The van der Waals surface area contributed by atoms with Crippen molar-refractivity contribution in [3.8, 4) is 0 Å². The number of nitrogens with zero attached hydrogens (tertiary/aromatic N) is 3. The van der Waals surface area contributed by atoms with Gasteiger partial charge in [0, 0.05) is 0 Å². The number of fused-ring (bicyclic) bond motifs is 1. The molecule has 0 saturated heterocycles. The van der Waals surface area contributed by atoms with Crippen LogP contribution in [-0.2, 0) is 6.54 Å². The quantitative estimate of drug-likeness (QED) is 0.720. The highest BCUT2D eigenvalue weighted by Gasteiger charge is 2.14. The smallest absolute Gasteiger partial charge is 0.356 e. The molecule has 3 aromatic rings. The Morgan fingerprint density at radius 2 is 2.14 bits per heavy atom. The van der Waals surface area contributed by atoms with Gasteiger partial charge in [-0.15, -0.1) is 11.3 Å². The fourth-order valence-corrected chi connectivity index (χ4v) is 2.62. The van der Waals surface area contributed by atoms with Gasteiger partial charge in [0.1, 0.15) is 0 Å². The van der Waals surface area contributed by atoms with E-state index in [0.29, 0.717) is 15.9 Å². The third-order valence-electron chi connectivity index (χ3n) is 2.71. The van der Waals surface area contributed by atoms with Crippen LogP contribution in [0.5, 0.6) is 0 Å². The SMILES string of the molecule is O=C(O)c1nc(NCc2cccc(F)n2)nc2ccsc12. The summed E-state index contributed by atoms with van der Waals surface area (Å²) in [5.74, 6) is -1.52. The monoisotopic (exact) mass is 304 g/mol. The molecule has 0 saturated carbocycles.